The maximum absolute atomic E-state index is 13.0. The van der Waals surface area contributed by atoms with Crippen LogP contribution in [0.1, 0.15) is 31.2 Å². The highest BCUT2D eigenvalue weighted by Gasteiger charge is 2.54. The van der Waals surface area contributed by atoms with Gasteiger partial charge in [-0.3, -0.25) is 18.6 Å². The van der Waals surface area contributed by atoms with E-state index in [2.05, 4.69) is 15.0 Å². The predicted molar refractivity (Wildman–Crippen MR) is 115 cm³/mol. The van der Waals surface area contributed by atoms with Crippen molar-refractivity contribution in [1.29, 1.82) is 0 Å². The summed E-state index contributed by atoms with van der Waals surface area (Å²) in [6, 6.07) is 5.23. The number of anilines is 1. The third-order valence-corrected chi connectivity index (χ3v) is 7.38. The monoisotopic (exact) mass is 477 g/mol. The highest BCUT2D eigenvalue weighted by molar-refractivity contribution is 7.48. The summed E-state index contributed by atoms with van der Waals surface area (Å²) in [5.74, 6) is 0.283. The number of aliphatic hydroxyl groups is 2. The van der Waals surface area contributed by atoms with Gasteiger partial charge in [0.25, 0.3) is 0 Å². The zero-order chi connectivity index (χ0) is 23.2. The molecule has 0 unspecified atom stereocenters. The standard InChI is InChI=1S/C20H24N5O7P/c1-20(27)16(26)15(31-19(20)25-8-4-13-17(21)23-11-24-18(13)25)10-30-33(28)29-9-5-14(32-33)12-2-6-22-7-3-12/h2-4,6-8,11,14-16,19,26-27H,5,9-10H2,1H3,(H2,21,23,24)/t14-,15-,16-,19-,20-,33-/m1/s1. The van der Waals surface area contributed by atoms with E-state index >= 15 is 0 Å². The van der Waals surface area contributed by atoms with E-state index in [9.17, 15) is 14.8 Å². The highest BCUT2D eigenvalue weighted by Crippen LogP contribution is 2.57. The molecule has 12 nitrogen and oxygen atoms in total. The molecule has 176 valence electrons. The normalized spacial score (nSPS) is 34.6. The first-order valence-corrected chi connectivity index (χ1v) is 11.8. The highest BCUT2D eigenvalue weighted by atomic mass is 31.2. The summed E-state index contributed by atoms with van der Waals surface area (Å²) in [5, 5.41) is 22.4. The smallest absolute Gasteiger partial charge is 0.387 e. The molecule has 0 aromatic carbocycles. The number of nitrogen functional groups attached to an aromatic ring is 1. The largest absolute Gasteiger partial charge is 0.475 e. The number of aliphatic hydroxyl groups excluding tert-OH is 1. The molecule has 33 heavy (non-hydrogen) atoms. The van der Waals surface area contributed by atoms with Crippen molar-refractivity contribution in [2.24, 2.45) is 0 Å². The van der Waals surface area contributed by atoms with Gasteiger partial charge < -0.3 is 25.3 Å². The Morgan fingerprint density at radius 2 is 2.12 bits per heavy atom. The first kappa shape index (κ1) is 22.4. The zero-order valence-corrected chi connectivity index (χ0v) is 18.6. The Morgan fingerprint density at radius 1 is 1.33 bits per heavy atom. The van der Waals surface area contributed by atoms with Crippen molar-refractivity contribution in [3.8, 4) is 0 Å². The Hall–Kier alpha value is -2.44. The Balaban J connectivity index is 1.31. The van der Waals surface area contributed by atoms with Gasteiger partial charge in [0, 0.05) is 25.0 Å². The predicted octanol–water partition coefficient (Wildman–Crippen LogP) is 1.72. The van der Waals surface area contributed by atoms with Crippen LogP contribution in [0.4, 0.5) is 5.82 Å². The Kier molecular flexibility index (Phi) is 5.69. The summed E-state index contributed by atoms with van der Waals surface area (Å²) >= 11 is 0. The third kappa shape index (κ3) is 4.04. The molecule has 3 aromatic rings. The van der Waals surface area contributed by atoms with E-state index in [0.717, 1.165) is 5.56 Å². The molecule has 0 bridgehead atoms. The van der Waals surface area contributed by atoms with Crippen LogP contribution in [0.15, 0.2) is 43.1 Å². The van der Waals surface area contributed by atoms with Gasteiger partial charge in [0.05, 0.1) is 24.7 Å². The van der Waals surface area contributed by atoms with Crippen LogP contribution in [0.3, 0.4) is 0 Å². The van der Waals surface area contributed by atoms with E-state index in [0.29, 0.717) is 17.5 Å². The second-order valence-electron chi connectivity index (χ2n) is 8.16. The molecule has 0 amide bonds. The maximum atomic E-state index is 13.0. The van der Waals surface area contributed by atoms with Crippen LogP contribution in [0.2, 0.25) is 0 Å². The molecule has 2 fully saturated rings. The number of rotatable bonds is 5. The average Bonchev–Trinajstić information content (AvgIpc) is 3.33. The van der Waals surface area contributed by atoms with Gasteiger partial charge in [0.1, 0.15) is 35.6 Å². The number of nitrogens with two attached hydrogens (primary N) is 1. The summed E-state index contributed by atoms with van der Waals surface area (Å²) < 4.78 is 36.9. The summed E-state index contributed by atoms with van der Waals surface area (Å²) in [7, 11) is -3.92. The van der Waals surface area contributed by atoms with Crippen LogP contribution in [0, 0.1) is 0 Å². The van der Waals surface area contributed by atoms with Crippen molar-refractivity contribution in [2.45, 2.75) is 43.5 Å². The number of phosphoric ester groups is 1. The second-order valence-corrected chi connectivity index (χ2v) is 9.78. The van der Waals surface area contributed by atoms with Gasteiger partial charge in [-0.15, -0.1) is 0 Å². The lowest BCUT2D eigenvalue weighted by Gasteiger charge is -2.30. The Bertz CT molecular complexity index is 1190. The second kappa shape index (κ2) is 8.41. The van der Waals surface area contributed by atoms with Crippen molar-refractivity contribution in [1.82, 2.24) is 19.5 Å². The number of hydrogen-bond acceptors (Lipinski definition) is 11. The maximum Gasteiger partial charge on any atom is 0.475 e. The molecule has 6 atom stereocenters. The molecule has 5 heterocycles. The number of aromatic nitrogens is 4. The lowest BCUT2D eigenvalue weighted by molar-refractivity contribution is -0.0950. The van der Waals surface area contributed by atoms with Crippen LogP contribution in [-0.4, -0.2) is 60.8 Å². The molecular weight excluding hydrogens is 453 g/mol. The van der Waals surface area contributed by atoms with Crippen LogP contribution in [0.25, 0.3) is 11.0 Å². The van der Waals surface area contributed by atoms with Crippen molar-refractivity contribution in [3.05, 3.63) is 48.7 Å². The minimum absolute atomic E-state index is 0.176. The first-order chi connectivity index (χ1) is 15.8. The lowest BCUT2D eigenvalue weighted by Crippen LogP contribution is -2.44. The van der Waals surface area contributed by atoms with Crippen molar-refractivity contribution in [2.75, 3.05) is 18.9 Å². The molecule has 2 saturated heterocycles. The summed E-state index contributed by atoms with van der Waals surface area (Å²) in [5.41, 5.74) is 5.42. The molecule has 0 aliphatic carbocycles. The SMILES string of the molecule is C[C@@]1(O)[C@H](O)[C@@H](CO[P@@]2(=O)OCC[C@H](c3ccncc3)O2)O[C@H]1n1ccc2c(N)ncnc21. The molecule has 2 aliphatic rings. The molecule has 0 saturated carbocycles. The summed E-state index contributed by atoms with van der Waals surface area (Å²) in [6.45, 7) is 1.29. The average molecular weight is 477 g/mol. The topological polar surface area (TPSA) is 164 Å². The zero-order valence-electron chi connectivity index (χ0n) is 17.7. The molecule has 3 aromatic heterocycles. The van der Waals surface area contributed by atoms with Gasteiger partial charge >= 0.3 is 7.82 Å². The van der Waals surface area contributed by atoms with E-state index in [-0.39, 0.29) is 19.0 Å². The number of hydrogen-bond donors (Lipinski definition) is 3. The summed E-state index contributed by atoms with van der Waals surface area (Å²) in [4.78, 5) is 12.1. The van der Waals surface area contributed by atoms with Crippen molar-refractivity contribution < 1.29 is 33.1 Å². The fourth-order valence-corrected chi connectivity index (χ4v) is 5.50. The number of nitrogens with zero attached hydrogens (tertiary/aromatic N) is 4. The van der Waals surface area contributed by atoms with Crippen molar-refractivity contribution in [3.63, 3.8) is 0 Å². The van der Waals surface area contributed by atoms with E-state index in [1.165, 1.54) is 13.3 Å². The molecule has 0 radical (unpaired) electrons. The van der Waals surface area contributed by atoms with E-state index in [1.807, 2.05) is 0 Å². The third-order valence-electron chi connectivity index (χ3n) is 5.91. The fraction of sp³-hybridized carbons (Fsp3) is 0.450. The minimum atomic E-state index is -3.92. The van der Waals surface area contributed by atoms with E-state index < -0.39 is 38.0 Å². The van der Waals surface area contributed by atoms with Gasteiger partial charge in [0.15, 0.2) is 6.23 Å². The van der Waals surface area contributed by atoms with Crippen molar-refractivity contribution >= 4 is 24.7 Å². The fourth-order valence-electron chi connectivity index (χ4n) is 4.11. The quantitative estimate of drug-likeness (QED) is 0.458. The lowest BCUT2D eigenvalue weighted by atomic mass is 9.96. The molecule has 13 heteroatoms. The Labute approximate surface area is 188 Å². The van der Waals surface area contributed by atoms with Crippen LogP contribution >= 0.6 is 7.82 Å². The van der Waals surface area contributed by atoms with Gasteiger partial charge in [0.2, 0.25) is 0 Å². The number of ether oxygens (including phenoxy) is 1. The van der Waals surface area contributed by atoms with Crippen LogP contribution in [-0.2, 0) is 22.9 Å². The number of phosphoric acid groups is 1. The van der Waals surface area contributed by atoms with Crippen LogP contribution in [0.5, 0.6) is 0 Å². The van der Waals surface area contributed by atoms with Gasteiger partial charge in [-0.05, 0) is 30.7 Å². The summed E-state index contributed by atoms with van der Waals surface area (Å²) in [6.07, 6.45) is 2.83. The first-order valence-electron chi connectivity index (χ1n) is 10.4. The molecule has 2 aliphatic heterocycles. The number of pyridine rings is 1. The molecule has 4 N–H and O–H groups in total. The molecule has 0 spiro atoms. The Morgan fingerprint density at radius 3 is 2.91 bits per heavy atom. The minimum Gasteiger partial charge on any atom is -0.387 e. The van der Waals surface area contributed by atoms with Crippen LogP contribution < -0.4 is 5.73 Å². The van der Waals surface area contributed by atoms with E-state index in [1.54, 1.807) is 41.4 Å². The van der Waals surface area contributed by atoms with Gasteiger partial charge in [-0.1, -0.05) is 0 Å². The molecular formula is C20H24N5O7P. The molecule has 5 rings (SSSR count). The number of fused-ring (bicyclic) bond motifs is 1. The van der Waals surface area contributed by atoms with E-state index in [4.69, 9.17) is 24.0 Å². The van der Waals surface area contributed by atoms with Gasteiger partial charge in [-0.2, -0.15) is 0 Å². The van der Waals surface area contributed by atoms with Gasteiger partial charge in [-0.25, -0.2) is 14.5 Å².